The lowest BCUT2D eigenvalue weighted by Crippen LogP contribution is -2.33. The highest BCUT2D eigenvalue weighted by atomic mass is 19.1. The van der Waals surface area contributed by atoms with Crippen molar-refractivity contribution in [2.45, 2.75) is 31.6 Å². The summed E-state index contributed by atoms with van der Waals surface area (Å²) in [6.45, 7) is 2.61. The van der Waals surface area contributed by atoms with Crippen LogP contribution in [0.2, 0.25) is 0 Å². The summed E-state index contributed by atoms with van der Waals surface area (Å²) in [6.07, 6.45) is 7.35. The maximum atomic E-state index is 14.7. The molecule has 1 aliphatic carbocycles. The van der Waals surface area contributed by atoms with E-state index in [0.717, 1.165) is 23.1 Å². The summed E-state index contributed by atoms with van der Waals surface area (Å²) in [5.41, 5.74) is 4.85. The van der Waals surface area contributed by atoms with Gasteiger partial charge in [-0.05, 0) is 60.7 Å². The van der Waals surface area contributed by atoms with Crippen molar-refractivity contribution in [1.29, 1.82) is 0 Å². The lowest BCUT2D eigenvalue weighted by molar-refractivity contribution is 0.0941. The van der Waals surface area contributed by atoms with E-state index in [1.54, 1.807) is 25.6 Å². The second-order valence-electron chi connectivity index (χ2n) is 9.29. The predicted octanol–water partition coefficient (Wildman–Crippen LogP) is 4.94. The van der Waals surface area contributed by atoms with Gasteiger partial charge in [0, 0.05) is 35.5 Å². The highest BCUT2D eigenvalue weighted by Gasteiger charge is 2.26. The van der Waals surface area contributed by atoms with Crippen LogP contribution in [0.5, 0.6) is 5.75 Å². The molecule has 36 heavy (non-hydrogen) atoms. The molecular weight excluding hydrogens is 459 g/mol. The van der Waals surface area contributed by atoms with Crippen LogP contribution >= 0.6 is 0 Å². The molecule has 0 radical (unpaired) electrons. The number of anilines is 2. The van der Waals surface area contributed by atoms with Gasteiger partial charge in [-0.1, -0.05) is 6.92 Å². The second-order valence-corrected chi connectivity index (χ2v) is 9.29. The third kappa shape index (κ3) is 4.06. The van der Waals surface area contributed by atoms with Crippen molar-refractivity contribution in [1.82, 2.24) is 24.8 Å². The van der Waals surface area contributed by atoms with Gasteiger partial charge in [-0.15, -0.1) is 0 Å². The van der Waals surface area contributed by atoms with E-state index >= 15 is 0 Å². The number of hydrogen-bond donors (Lipinski definition) is 2. The van der Waals surface area contributed by atoms with Gasteiger partial charge < -0.3 is 19.9 Å². The third-order valence-corrected chi connectivity index (χ3v) is 6.72. The van der Waals surface area contributed by atoms with Crippen molar-refractivity contribution in [2.75, 3.05) is 19.0 Å². The SMILES string of the molecule is COc1cc(-c2ncc(F)c(Nc3ccc4c(c3)C(C)CNC4=O)n2)ccc1-n1cnc(C2CC2)c1. The van der Waals surface area contributed by atoms with Gasteiger partial charge in [0.1, 0.15) is 5.75 Å². The van der Waals surface area contributed by atoms with Gasteiger partial charge in [0.05, 0.1) is 31.0 Å². The topological polar surface area (TPSA) is 94.0 Å². The second kappa shape index (κ2) is 8.75. The maximum Gasteiger partial charge on any atom is 0.251 e. The highest BCUT2D eigenvalue weighted by molar-refractivity contribution is 5.97. The molecule has 1 fully saturated rings. The highest BCUT2D eigenvalue weighted by Crippen LogP contribution is 2.39. The molecule has 182 valence electrons. The molecule has 1 saturated carbocycles. The van der Waals surface area contributed by atoms with Crippen LogP contribution in [0.3, 0.4) is 0 Å². The van der Waals surface area contributed by atoms with Gasteiger partial charge in [0.15, 0.2) is 17.5 Å². The minimum Gasteiger partial charge on any atom is -0.495 e. The molecule has 3 heterocycles. The number of benzene rings is 2. The van der Waals surface area contributed by atoms with E-state index in [0.29, 0.717) is 40.9 Å². The Kier molecular flexibility index (Phi) is 5.40. The van der Waals surface area contributed by atoms with Crippen LogP contribution in [0.1, 0.15) is 53.2 Å². The fraction of sp³-hybridized carbons (Fsp3) is 0.259. The molecule has 0 saturated heterocycles. The molecule has 2 aromatic heterocycles. The van der Waals surface area contributed by atoms with Crippen molar-refractivity contribution in [3.8, 4) is 22.8 Å². The summed E-state index contributed by atoms with van der Waals surface area (Å²) in [4.78, 5) is 25.3. The molecule has 1 aliphatic heterocycles. The number of methoxy groups -OCH3 is 1. The quantitative estimate of drug-likeness (QED) is 0.402. The van der Waals surface area contributed by atoms with Crippen molar-refractivity contribution in [3.63, 3.8) is 0 Å². The Morgan fingerprint density at radius 1 is 1.17 bits per heavy atom. The number of amides is 1. The molecule has 2 aromatic carbocycles. The zero-order valence-corrected chi connectivity index (χ0v) is 20.0. The first-order valence-electron chi connectivity index (χ1n) is 11.9. The Labute approximate surface area is 207 Å². The lowest BCUT2D eigenvalue weighted by atomic mass is 9.91. The summed E-state index contributed by atoms with van der Waals surface area (Å²) in [5.74, 6) is 1.10. The zero-order valence-electron chi connectivity index (χ0n) is 20.0. The number of fused-ring (bicyclic) bond motifs is 1. The fourth-order valence-corrected chi connectivity index (χ4v) is 4.53. The predicted molar refractivity (Wildman–Crippen MR) is 134 cm³/mol. The van der Waals surface area contributed by atoms with E-state index in [9.17, 15) is 9.18 Å². The average molecular weight is 485 g/mol. The number of aromatic nitrogens is 4. The molecule has 4 aromatic rings. The first kappa shape index (κ1) is 22.2. The van der Waals surface area contributed by atoms with Crippen LogP contribution in [0, 0.1) is 5.82 Å². The molecule has 6 rings (SSSR count). The van der Waals surface area contributed by atoms with Crippen molar-refractivity contribution in [2.24, 2.45) is 0 Å². The van der Waals surface area contributed by atoms with Gasteiger partial charge >= 0.3 is 0 Å². The third-order valence-electron chi connectivity index (χ3n) is 6.72. The molecule has 8 nitrogen and oxygen atoms in total. The Morgan fingerprint density at radius 2 is 2.03 bits per heavy atom. The van der Waals surface area contributed by atoms with Crippen LogP contribution in [-0.2, 0) is 0 Å². The zero-order chi connectivity index (χ0) is 24.8. The number of rotatable bonds is 6. The number of nitrogens with zero attached hydrogens (tertiary/aromatic N) is 4. The van der Waals surface area contributed by atoms with E-state index < -0.39 is 5.82 Å². The molecule has 1 unspecified atom stereocenters. The molecule has 0 bridgehead atoms. The Morgan fingerprint density at radius 3 is 2.83 bits per heavy atom. The molecule has 2 aliphatic rings. The first-order valence-corrected chi connectivity index (χ1v) is 11.9. The molecule has 9 heteroatoms. The molecule has 1 atom stereocenters. The van der Waals surface area contributed by atoms with Crippen LogP contribution in [0.4, 0.5) is 15.9 Å². The van der Waals surface area contributed by atoms with Gasteiger partial charge in [-0.25, -0.2) is 19.3 Å². The fourth-order valence-electron chi connectivity index (χ4n) is 4.53. The van der Waals surface area contributed by atoms with E-state index in [1.165, 1.54) is 12.8 Å². The largest absolute Gasteiger partial charge is 0.495 e. The summed E-state index contributed by atoms with van der Waals surface area (Å²) in [7, 11) is 1.61. The van der Waals surface area contributed by atoms with Crippen molar-refractivity contribution >= 4 is 17.4 Å². The molecule has 1 amide bonds. The molecular formula is C27H25FN6O2. The minimum atomic E-state index is -0.572. The Hall–Kier alpha value is -4.27. The number of carbonyl (C=O) groups is 1. The standard InChI is InChI=1S/C27H25FN6O2/c1-15-11-30-27(35)19-7-6-18(10-20(15)19)32-26-21(28)12-29-25(33-26)17-5-8-23(24(9-17)36-2)34-13-22(31-14-34)16-3-4-16/h5-10,12-16H,3-4,11H2,1-2H3,(H,30,35)(H,29,32,33). The van der Waals surface area contributed by atoms with Gasteiger partial charge in [0.2, 0.25) is 0 Å². The number of ether oxygens (including phenoxy) is 1. The molecule has 0 spiro atoms. The van der Waals surface area contributed by atoms with E-state index in [1.807, 2.05) is 42.0 Å². The maximum absolute atomic E-state index is 14.7. The van der Waals surface area contributed by atoms with E-state index in [4.69, 9.17) is 4.74 Å². The van der Waals surface area contributed by atoms with Crippen molar-refractivity contribution < 1.29 is 13.9 Å². The number of nitrogens with one attached hydrogen (secondary N) is 2. The first-order chi connectivity index (χ1) is 17.5. The summed E-state index contributed by atoms with van der Waals surface area (Å²) in [5, 5.41) is 5.92. The monoisotopic (exact) mass is 484 g/mol. The van der Waals surface area contributed by atoms with Crippen LogP contribution in [0.15, 0.2) is 55.1 Å². The Balaban J connectivity index is 1.30. The normalized spacial score (nSPS) is 16.9. The van der Waals surface area contributed by atoms with Crippen LogP contribution in [-0.4, -0.2) is 39.1 Å². The number of hydrogen-bond acceptors (Lipinski definition) is 6. The van der Waals surface area contributed by atoms with Gasteiger partial charge in [0.25, 0.3) is 5.91 Å². The summed E-state index contributed by atoms with van der Waals surface area (Å²) in [6, 6.07) is 11.0. The van der Waals surface area contributed by atoms with Crippen LogP contribution < -0.4 is 15.4 Å². The Bertz CT molecular complexity index is 1480. The summed E-state index contributed by atoms with van der Waals surface area (Å²) >= 11 is 0. The number of halogens is 1. The molecule has 2 N–H and O–H groups in total. The van der Waals surface area contributed by atoms with Gasteiger partial charge in [-0.3, -0.25) is 4.79 Å². The van der Waals surface area contributed by atoms with E-state index in [-0.39, 0.29) is 17.6 Å². The number of carbonyl (C=O) groups excluding carboxylic acids is 1. The smallest absolute Gasteiger partial charge is 0.251 e. The number of imidazole rings is 1. The van der Waals surface area contributed by atoms with Crippen molar-refractivity contribution in [3.05, 3.63) is 77.8 Å². The van der Waals surface area contributed by atoms with Gasteiger partial charge in [-0.2, -0.15) is 0 Å². The lowest BCUT2D eigenvalue weighted by Gasteiger charge is -2.23. The van der Waals surface area contributed by atoms with E-state index in [2.05, 4.69) is 25.6 Å². The van der Waals surface area contributed by atoms with Crippen LogP contribution in [0.25, 0.3) is 17.1 Å². The minimum absolute atomic E-state index is 0.0552. The summed E-state index contributed by atoms with van der Waals surface area (Å²) < 4.78 is 22.3. The average Bonchev–Trinajstić information content (AvgIpc) is 3.64.